The monoisotopic (exact) mass is 375 g/mol. The van der Waals surface area contributed by atoms with Crippen LogP contribution in [-0.4, -0.2) is 43.4 Å². The maximum Gasteiger partial charge on any atom is 0.313 e. The molecule has 5 nitrogen and oxygen atoms in total. The van der Waals surface area contributed by atoms with Gasteiger partial charge in [-0.25, -0.2) is 9.97 Å². The summed E-state index contributed by atoms with van der Waals surface area (Å²) >= 11 is 6.40. The molecule has 0 aromatic carbocycles. The maximum atomic E-state index is 10.7. The van der Waals surface area contributed by atoms with Crippen molar-refractivity contribution in [1.82, 2.24) is 14.5 Å². The smallest absolute Gasteiger partial charge is 0.313 e. The van der Waals surface area contributed by atoms with Crippen LogP contribution in [0, 0.1) is 0 Å². The van der Waals surface area contributed by atoms with Crippen LogP contribution in [0.2, 0.25) is 0 Å². The summed E-state index contributed by atoms with van der Waals surface area (Å²) < 4.78 is 2.87. The van der Waals surface area contributed by atoms with Crippen LogP contribution < -0.4 is 0 Å². The molecule has 0 atom stereocenters. The van der Waals surface area contributed by atoms with Gasteiger partial charge in [0.25, 0.3) is 0 Å². The normalized spacial score (nSPS) is 11.1. The number of imidazole rings is 1. The molecule has 0 bridgehead atoms. The predicted octanol–water partition coefficient (Wildman–Crippen LogP) is 3.12. The van der Waals surface area contributed by atoms with Crippen molar-refractivity contribution in [2.75, 3.05) is 17.8 Å². The molecule has 0 fully saturated rings. The molecule has 0 unspecified atom stereocenters. The molecule has 2 rings (SSSR count). The number of hydrogen-bond donors (Lipinski definition) is 1. The topological polar surface area (TPSA) is 68.0 Å². The van der Waals surface area contributed by atoms with Crippen LogP contribution in [-0.2, 0) is 11.3 Å². The second-order valence-corrected chi connectivity index (χ2v) is 6.91. The van der Waals surface area contributed by atoms with Crippen LogP contribution in [0.5, 0.6) is 0 Å². The summed E-state index contributed by atoms with van der Waals surface area (Å²) in [6.45, 7) is 0.800. The van der Waals surface area contributed by atoms with Crippen LogP contribution in [0.1, 0.15) is 6.42 Å². The number of fused-ring (bicyclic) bond motifs is 1. The summed E-state index contributed by atoms with van der Waals surface area (Å²) in [6, 6.07) is 1.90. The highest BCUT2D eigenvalue weighted by molar-refractivity contribution is 9.10. The molecular weight excluding hydrogens is 362 g/mol. The number of aliphatic carboxylic acids is 1. The van der Waals surface area contributed by atoms with Gasteiger partial charge in [-0.1, -0.05) is 11.8 Å². The Morgan fingerprint density at radius 2 is 2.35 bits per heavy atom. The first kappa shape index (κ1) is 15.7. The largest absolute Gasteiger partial charge is 0.481 e. The molecular formula is C12H14BrN3O2S2. The van der Waals surface area contributed by atoms with Crippen molar-refractivity contribution in [3.8, 4) is 0 Å². The SMILES string of the molecule is CSCCCn1c(SCC(=O)O)nc2cc(Br)cnc21. The van der Waals surface area contributed by atoms with Gasteiger partial charge in [0.1, 0.15) is 5.52 Å². The molecule has 0 aliphatic heterocycles. The molecule has 0 aliphatic carbocycles. The van der Waals surface area contributed by atoms with E-state index in [0.29, 0.717) is 5.16 Å². The van der Waals surface area contributed by atoms with Crippen molar-refractivity contribution >= 4 is 56.6 Å². The first-order chi connectivity index (χ1) is 9.61. The number of halogens is 1. The van der Waals surface area contributed by atoms with Crippen LogP contribution in [0.3, 0.4) is 0 Å². The van der Waals surface area contributed by atoms with E-state index in [1.807, 2.05) is 10.6 Å². The first-order valence-electron chi connectivity index (χ1n) is 5.97. The summed E-state index contributed by atoms with van der Waals surface area (Å²) in [7, 11) is 0. The van der Waals surface area contributed by atoms with Gasteiger partial charge in [0.05, 0.1) is 5.75 Å². The second kappa shape index (κ2) is 7.33. The summed E-state index contributed by atoms with van der Waals surface area (Å²) in [6.07, 6.45) is 4.81. The number of hydrogen-bond acceptors (Lipinski definition) is 5. The number of aryl methyl sites for hydroxylation is 1. The highest BCUT2D eigenvalue weighted by atomic mass is 79.9. The van der Waals surface area contributed by atoms with Crippen LogP contribution in [0.4, 0.5) is 0 Å². The Labute approximate surface area is 133 Å². The van der Waals surface area contributed by atoms with Gasteiger partial charge in [-0.3, -0.25) is 4.79 Å². The molecule has 1 N–H and O–H groups in total. The van der Waals surface area contributed by atoms with Crippen molar-refractivity contribution in [3.05, 3.63) is 16.7 Å². The Hall–Kier alpha value is -0.730. The van der Waals surface area contributed by atoms with E-state index in [1.165, 1.54) is 11.8 Å². The van der Waals surface area contributed by atoms with E-state index < -0.39 is 5.97 Å². The number of nitrogens with zero attached hydrogens (tertiary/aromatic N) is 3. The van der Waals surface area contributed by atoms with Crippen molar-refractivity contribution < 1.29 is 9.90 Å². The quantitative estimate of drug-likeness (QED) is 0.592. The van der Waals surface area contributed by atoms with Gasteiger partial charge in [-0.05, 0) is 40.4 Å². The molecule has 8 heteroatoms. The fourth-order valence-corrected chi connectivity index (χ4v) is 3.26. The lowest BCUT2D eigenvalue weighted by molar-refractivity contribution is -0.133. The molecule has 0 aliphatic rings. The summed E-state index contributed by atoms with van der Waals surface area (Å²) in [5.41, 5.74) is 1.60. The zero-order chi connectivity index (χ0) is 14.5. The van der Waals surface area contributed by atoms with E-state index in [2.05, 4.69) is 32.2 Å². The Kier molecular flexibility index (Phi) is 5.74. The van der Waals surface area contributed by atoms with E-state index in [1.54, 1.807) is 18.0 Å². The summed E-state index contributed by atoms with van der Waals surface area (Å²) in [5, 5.41) is 9.53. The lowest BCUT2D eigenvalue weighted by Crippen LogP contribution is -2.04. The van der Waals surface area contributed by atoms with Crippen molar-refractivity contribution in [2.24, 2.45) is 0 Å². The number of pyridine rings is 1. The average Bonchev–Trinajstić information content (AvgIpc) is 2.74. The highest BCUT2D eigenvalue weighted by Gasteiger charge is 2.13. The van der Waals surface area contributed by atoms with Crippen molar-refractivity contribution in [1.29, 1.82) is 0 Å². The van der Waals surface area contributed by atoms with Gasteiger partial charge in [0, 0.05) is 17.2 Å². The zero-order valence-electron chi connectivity index (χ0n) is 10.9. The zero-order valence-corrected chi connectivity index (χ0v) is 14.1. The van der Waals surface area contributed by atoms with Crippen LogP contribution in [0.15, 0.2) is 21.9 Å². The van der Waals surface area contributed by atoms with Crippen LogP contribution in [0.25, 0.3) is 11.2 Å². The maximum absolute atomic E-state index is 10.7. The molecule has 0 saturated heterocycles. The number of aromatic nitrogens is 3. The molecule has 2 heterocycles. The third-order valence-corrected chi connectivity index (χ3v) is 4.66. The Bertz CT molecular complexity index is 618. The minimum atomic E-state index is -0.841. The molecule has 0 amide bonds. The van der Waals surface area contributed by atoms with E-state index in [-0.39, 0.29) is 5.75 Å². The highest BCUT2D eigenvalue weighted by Crippen LogP contribution is 2.25. The number of carboxylic acid groups (broad SMARTS) is 1. The molecule has 0 saturated carbocycles. The molecule has 2 aromatic rings. The minimum absolute atomic E-state index is 0.00696. The Morgan fingerprint density at radius 3 is 3.05 bits per heavy atom. The summed E-state index contributed by atoms with van der Waals surface area (Å²) in [5.74, 6) is 0.221. The van der Waals surface area contributed by atoms with E-state index in [0.717, 1.165) is 34.4 Å². The van der Waals surface area contributed by atoms with E-state index in [9.17, 15) is 4.79 Å². The standard InChI is InChI=1S/C12H14BrN3O2S2/c1-19-4-2-3-16-11-9(5-8(13)6-14-11)15-12(16)20-7-10(17)18/h5-6H,2-4,7H2,1H3,(H,17,18). The lowest BCUT2D eigenvalue weighted by atomic mass is 10.4. The van der Waals surface area contributed by atoms with Gasteiger partial charge >= 0.3 is 5.97 Å². The minimum Gasteiger partial charge on any atom is -0.481 e. The van der Waals surface area contributed by atoms with Gasteiger partial charge in [0.2, 0.25) is 0 Å². The van der Waals surface area contributed by atoms with E-state index >= 15 is 0 Å². The number of carboxylic acids is 1. The molecule has 2 aromatic heterocycles. The molecule has 0 radical (unpaired) electrons. The molecule has 0 spiro atoms. The van der Waals surface area contributed by atoms with Gasteiger partial charge in [-0.15, -0.1) is 0 Å². The fraction of sp³-hybridized carbons (Fsp3) is 0.417. The first-order valence-corrected chi connectivity index (χ1v) is 9.14. The predicted molar refractivity (Wildman–Crippen MR) is 86.6 cm³/mol. The van der Waals surface area contributed by atoms with E-state index in [4.69, 9.17) is 5.11 Å². The molecule has 20 heavy (non-hydrogen) atoms. The summed E-state index contributed by atoms with van der Waals surface area (Å²) in [4.78, 5) is 19.6. The number of carbonyl (C=O) groups is 1. The van der Waals surface area contributed by atoms with Gasteiger partial charge in [-0.2, -0.15) is 11.8 Å². The lowest BCUT2D eigenvalue weighted by Gasteiger charge is -2.06. The van der Waals surface area contributed by atoms with Crippen molar-refractivity contribution in [3.63, 3.8) is 0 Å². The number of rotatable bonds is 7. The Morgan fingerprint density at radius 1 is 1.55 bits per heavy atom. The third-order valence-electron chi connectivity index (χ3n) is 2.57. The van der Waals surface area contributed by atoms with Crippen molar-refractivity contribution in [2.45, 2.75) is 18.1 Å². The van der Waals surface area contributed by atoms with Gasteiger partial charge < -0.3 is 9.67 Å². The number of thioether (sulfide) groups is 2. The third kappa shape index (κ3) is 3.89. The van der Waals surface area contributed by atoms with Gasteiger partial charge in [0.15, 0.2) is 10.8 Å². The van der Waals surface area contributed by atoms with Crippen LogP contribution >= 0.6 is 39.5 Å². The average molecular weight is 376 g/mol. The molecule has 108 valence electrons. The Balaban J connectivity index is 2.31. The second-order valence-electron chi connectivity index (χ2n) is 4.07. The fourth-order valence-electron chi connectivity index (χ4n) is 1.77.